The summed E-state index contributed by atoms with van der Waals surface area (Å²) in [5.74, 6) is -9.52. The van der Waals surface area contributed by atoms with Crippen molar-refractivity contribution in [1.29, 1.82) is 0 Å². The summed E-state index contributed by atoms with van der Waals surface area (Å²) in [6.45, 7) is 14.8. The summed E-state index contributed by atoms with van der Waals surface area (Å²) in [4.78, 5) is 150. The molecule has 26 nitrogen and oxygen atoms in total. The number of rotatable bonds is 36. The summed E-state index contributed by atoms with van der Waals surface area (Å²) in [6.07, 6.45) is -5.49. The molecule has 10 aromatic carbocycles. The lowest BCUT2D eigenvalue weighted by Crippen LogP contribution is -2.62. The van der Waals surface area contributed by atoms with E-state index in [4.69, 9.17) is 56.8 Å². The molecule has 5 unspecified atom stereocenters. The molecule has 4 aliphatic rings. The van der Waals surface area contributed by atoms with Gasteiger partial charge in [0.15, 0.2) is 6.29 Å². The number of ether oxygens (including phenoxy) is 12. The molecule has 10 aromatic rings. The van der Waals surface area contributed by atoms with E-state index in [1.807, 2.05) is 84.9 Å². The third kappa shape index (κ3) is 23.9. The Morgan fingerprint density at radius 1 is 0.429 bits per heavy atom. The van der Waals surface area contributed by atoms with Crippen molar-refractivity contribution in [3.8, 4) is 11.5 Å². The first-order valence-corrected chi connectivity index (χ1v) is 46.2. The summed E-state index contributed by atoms with van der Waals surface area (Å²) in [7, 11) is 0. The smallest absolute Gasteiger partial charge is 0.339 e. The number of aliphatic hydroxyl groups is 3. The Labute approximate surface area is 772 Å². The lowest BCUT2D eigenvalue weighted by molar-refractivity contribution is -0.207. The van der Waals surface area contributed by atoms with Gasteiger partial charge in [-0.25, -0.2) is 14.4 Å². The standard InChI is InChI=1S/C107H118O26/c1-63(34-37-89(110)125-62-83-77-28-16-10-22-64(77)50-65-23-11-17-29-78(65)83)84-35-36-85-100-86(58-88(109)107(84,85)9)106(8)48-46-72(55-71(106)56-87(100)108)131-101(119)70-53-74(128-93(114)40-38-90(111)123-59-73(127-92(113)42-44-96(117)132-104(2,3)4)47-49-122-102(120)98-79-30-18-12-24-66(79)51-67-25-13-19-31-80(67)98)57-75(54-70)129-94(115)41-39-91(112)124-60-76(130-95(116)43-45-97(118)133-105(5,6)7)61-126-103(121)99-81-32-20-14-26-68(81)52-69-27-15-21-33-82(69)99/h10-33,50-54,57,63,71-73,76,84-88,95,100,108-109,116H,34-49,55-56,58-62H2,1-9H3/t63-,71+,72-,73?,76?,84?,85-,86?,87-,88+,95?,100+,106+,107-/m1/s1. The topological polar surface area (TPSA) is 359 Å². The Balaban J connectivity index is 0.629. The first kappa shape index (κ1) is 96.8. The van der Waals surface area contributed by atoms with Crippen molar-refractivity contribution in [2.24, 2.45) is 46.3 Å². The van der Waals surface area contributed by atoms with E-state index >= 15 is 0 Å². The van der Waals surface area contributed by atoms with Crippen LogP contribution in [0.2, 0.25) is 0 Å². The van der Waals surface area contributed by atoms with Gasteiger partial charge in [0.1, 0.15) is 67.4 Å². The first-order chi connectivity index (χ1) is 63.5. The Bertz CT molecular complexity index is 5840. The Hall–Kier alpha value is -12.2. The summed E-state index contributed by atoms with van der Waals surface area (Å²) < 4.78 is 69.0. The second kappa shape index (κ2) is 42.3. The fourth-order valence-corrected chi connectivity index (χ4v) is 20.7. The van der Waals surface area contributed by atoms with Crippen molar-refractivity contribution in [2.75, 3.05) is 26.4 Å². The first-order valence-electron chi connectivity index (χ1n) is 46.2. The summed E-state index contributed by atoms with van der Waals surface area (Å²) in [6, 6.07) is 54.9. The zero-order chi connectivity index (χ0) is 94.6. The lowest BCUT2D eigenvalue weighted by Gasteiger charge is -2.63. The number of carbonyl (C=O) groups excluding carboxylic acids is 11. The molecule has 0 amide bonds. The molecular weight excluding hydrogens is 1700 g/mol. The second-order valence-corrected chi connectivity index (χ2v) is 38.3. The number of hydrogen-bond acceptors (Lipinski definition) is 26. The Morgan fingerprint density at radius 3 is 1.38 bits per heavy atom. The van der Waals surface area contributed by atoms with Gasteiger partial charge in [0.05, 0.1) is 80.5 Å². The molecule has 0 spiro atoms. The van der Waals surface area contributed by atoms with Crippen LogP contribution in [0.3, 0.4) is 0 Å². The SMILES string of the molecule is C[C@H](CCC(=O)OCc1c2ccccc2cc2ccccc12)C1CC[C@@H]2[C@H]3C(C[C@H](O)[C@]12C)[C@@]1(C)CC[C@@H](OC(=O)c2cc(OC(=O)CCC(=O)OCC(CCOC(=O)c4c5ccccc5cc5ccccc45)OC(=O)CCC(=O)OC(C)(C)C)cc(OC(=O)CCC(=O)OCC(COC(=O)c4c5ccccc5cc5ccccc45)OC(O)CCC(=O)OC(C)(C)C)c2)C[C@H]1C[C@H]3O. The van der Waals surface area contributed by atoms with Gasteiger partial charge in [0, 0.05) is 30.9 Å². The van der Waals surface area contributed by atoms with Crippen molar-refractivity contribution in [1.82, 2.24) is 0 Å². The van der Waals surface area contributed by atoms with E-state index < -0.39 is 165 Å². The van der Waals surface area contributed by atoms with Gasteiger partial charge in [-0.15, -0.1) is 0 Å². The van der Waals surface area contributed by atoms with Crippen LogP contribution in [-0.2, 0) is 92.3 Å². The maximum atomic E-state index is 14.8. The molecule has 0 saturated heterocycles. The number of fused-ring (bicyclic) bond motifs is 11. The summed E-state index contributed by atoms with van der Waals surface area (Å²) >= 11 is 0. The van der Waals surface area contributed by atoms with Gasteiger partial charge in [0.25, 0.3) is 0 Å². The van der Waals surface area contributed by atoms with Crippen LogP contribution in [0.15, 0.2) is 182 Å². The molecule has 0 bridgehead atoms. The zero-order valence-electron chi connectivity index (χ0n) is 76.7. The summed E-state index contributed by atoms with van der Waals surface area (Å²) in [5, 5.41) is 46.1. The molecule has 0 aromatic heterocycles. The summed E-state index contributed by atoms with van der Waals surface area (Å²) in [5.41, 5.74) is -1.25. The predicted octanol–water partition coefficient (Wildman–Crippen LogP) is 18.3. The van der Waals surface area contributed by atoms with Gasteiger partial charge in [-0.1, -0.05) is 166 Å². The van der Waals surface area contributed by atoms with Crippen LogP contribution >= 0.6 is 0 Å². The monoisotopic (exact) mass is 1820 g/mol. The van der Waals surface area contributed by atoms with Gasteiger partial charge in [-0.3, -0.25) is 38.4 Å². The molecule has 3 N–H and O–H groups in total. The Morgan fingerprint density at radius 2 is 0.865 bits per heavy atom. The van der Waals surface area contributed by atoms with E-state index in [-0.39, 0.29) is 115 Å². The fourth-order valence-electron chi connectivity index (χ4n) is 20.7. The molecular formula is C107H118O26. The average Bonchev–Trinajstić information content (AvgIpc) is 1.57. The number of esters is 11. The van der Waals surface area contributed by atoms with Gasteiger partial charge in [0.2, 0.25) is 0 Å². The van der Waals surface area contributed by atoms with Crippen LogP contribution in [0, 0.1) is 46.3 Å². The van der Waals surface area contributed by atoms with Crippen LogP contribution in [0.25, 0.3) is 64.6 Å². The van der Waals surface area contributed by atoms with Gasteiger partial charge in [-0.05, 0) is 234 Å². The highest BCUT2D eigenvalue weighted by atomic mass is 16.6. The third-order valence-electron chi connectivity index (χ3n) is 27.0. The number of carbonyl (C=O) groups is 11. The van der Waals surface area contributed by atoms with Gasteiger partial charge < -0.3 is 72.2 Å². The highest BCUT2D eigenvalue weighted by Crippen LogP contribution is 2.69. The minimum absolute atomic E-state index is 0.00260. The molecule has 4 fully saturated rings. The minimum Gasteiger partial charge on any atom is -0.463 e. The molecule has 133 heavy (non-hydrogen) atoms. The molecule has 0 aliphatic heterocycles. The van der Waals surface area contributed by atoms with Crippen LogP contribution in [0.5, 0.6) is 11.5 Å². The van der Waals surface area contributed by atoms with Crippen molar-refractivity contribution in [3.63, 3.8) is 0 Å². The van der Waals surface area contributed by atoms with E-state index in [0.29, 0.717) is 65.6 Å². The van der Waals surface area contributed by atoms with Crippen molar-refractivity contribution >= 4 is 130 Å². The maximum Gasteiger partial charge on any atom is 0.339 e. The zero-order valence-corrected chi connectivity index (χ0v) is 76.7. The highest BCUT2D eigenvalue weighted by molar-refractivity contribution is 6.18. The van der Waals surface area contributed by atoms with Gasteiger partial charge >= 0.3 is 65.7 Å². The fraction of sp³-hybridized carbons (Fsp3) is 0.449. The number of hydrogen-bond donors (Lipinski definition) is 3. The van der Waals surface area contributed by atoms with Crippen LogP contribution in [0.1, 0.15) is 215 Å². The van der Waals surface area contributed by atoms with E-state index in [1.54, 1.807) is 90.1 Å². The molecule has 14 rings (SSSR count). The molecule has 4 saturated carbocycles. The number of aliphatic hydroxyl groups excluding tert-OH is 3. The predicted molar refractivity (Wildman–Crippen MR) is 494 cm³/mol. The maximum absolute atomic E-state index is 14.8. The van der Waals surface area contributed by atoms with Crippen LogP contribution in [-0.4, -0.2) is 155 Å². The average molecular weight is 1820 g/mol. The molecule has 702 valence electrons. The lowest BCUT2D eigenvalue weighted by atomic mass is 9.43. The van der Waals surface area contributed by atoms with Crippen LogP contribution < -0.4 is 9.47 Å². The van der Waals surface area contributed by atoms with Crippen molar-refractivity contribution in [3.05, 3.63) is 204 Å². The van der Waals surface area contributed by atoms with E-state index in [0.717, 1.165) is 67.6 Å². The number of benzene rings is 10. The molecule has 26 heteroatoms. The third-order valence-corrected chi connectivity index (χ3v) is 27.0. The Kier molecular flexibility index (Phi) is 30.8. The van der Waals surface area contributed by atoms with Crippen molar-refractivity contribution < 1.29 is 125 Å². The molecule has 14 atom stereocenters. The van der Waals surface area contributed by atoms with Gasteiger partial charge in [-0.2, -0.15) is 0 Å². The van der Waals surface area contributed by atoms with E-state index in [2.05, 4.69) is 51.1 Å². The largest absolute Gasteiger partial charge is 0.463 e. The van der Waals surface area contributed by atoms with E-state index in [9.17, 15) is 68.1 Å². The minimum atomic E-state index is -1.64. The molecule has 4 aliphatic carbocycles. The van der Waals surface area contributed by atoms with E-state index in [1.165, 1.54) is 12.1 Å². The molecule has 0 radical (unpaired) electrons. The second-order valence-electron chi connectivity index (χ2n) is 38.3. The van der Waals surface area contributed by atoms with Crippen molar-refractivity contribution in [2.45, 2.75) is 233 Å². The normalized spacial score (nSPS) is 21.4. The quantitative estimate of drug-likeness (QED) is 0.0108. The van der Waals surface area contributed by atoms with Crippen LogP contribution in [0.4, 0.5) is 0 Å². The molecule has 0 heterocycles. The highest BCUT2D eigenvalue weighted by Gasteiger charge is 2.66.